The predicted molar refractivity (Wildman–Crippen MR) is 50.0 cm³/mol. The molecule has 0 amide bonds. The highest BCUT2D eigenvalue weighted by molar-refractivity contribution is 5.75. The van der Waals surface area contributed by atoms with Crippen molar-refractivity contribution in [2.75, 3.05) is 7.11 Å². The van der Waals surface area contributed by atoms with Crippen molar-refractivity contribution in [3.63, 3.8) is 0 Å². The lowest BCUT2D eigenvalue weighted by Gasteiger charge is -2.10. The Hall–Kier alpha value is -1.56. The number of nitrogens with two attached hydrogens (primary N) is 1. The molecular weight excluding hydrogens is 223 g/mol. The number of rotatable bonds is 3. The van der Waals surface area contributed by atoms with Gasteiger partial charge in [-0.15, -0.1) is 0 Å². The lowest BCUT2D eigenvalue weighted by atomic mass is 10.1. The number of benzene rings is 1. The molecule has 1 aromatic carbocycles. The second-order valence-electron chi connectivity index (χ2n) is 3.18. The molecule has 6 heteroatoms. The second kappa shape index (κ2) is 4.98. The van der Waals surface area contributed by atoms with Gasteiger partial charge in [0.05, 0.1) is 7.11 Å². The summed E-state index contributed by atoms with van der Waals surface area (Å²) in [6.45, 7) is 0. The Balaban J connectivity index is 2.93. The van der Waals surface area contributed by atoms with Gasteiger partial charge in [-0.25, -0.2) is 13.2 Å². The van der Waals surface area contributed by atoms with Gasteiger partial charge >= 0.3 is 5.97 Å². The minimum Gasteiger partial charge on any atom is -0.468 e. The van der Waals surface area contributed by atoms with Gasteiger partial charge in [-0.3, -0.25) is 4.79 Å². The van der Waals surface area contributed by atoms with Crippen LogP contribution in [0.5, 0.6) is 0 Å². The maximum Gasteiger partial charge on any atom is 0.322 e. The quantitative estimate of drug-likeness (QED) is 0.797. The molecule has 0 aliphatic carbocycles. The molecule has 3 nitrogen and oxygen atoms in total. The molecule has 88 valence electrons. The van der Waals surface area contributed by atoms with Crippen LogP contribution < -0.4 is 5.73 Å². The van der Waals surface area contributed by atoms with E-state index in [-0.39, 0.29) is 6.42 Å². The summed E-state index contributed by atoms with van der Waals surface area (Å²) in [6, 6.07) is -0.121. The van der Waals surface area contributed by atoms with Crippen LogP contribution in [0.1, 0.15) is 5.56 Å². The Morgan fingerprint density at radius 1 is 1.38 bits per heavy atom. The molecule has 0 aromatic heterocycles. The number of ether oxygens (including phenoxy) is 1. The van der Waals surface area contributed by atoms with Gasteiger partial charge in [0.1, 0.15) is 23.5 Å². The highest BCUT2D eigenvalue weighted by atomic mass is 19.1. The standard InChI is InChI=1S/C10H10F3NO2/c1-16-10(15)9(14)4-6-7(12)2-5(11)3-8(6)13/h2-3,9H,4,14H2,1H3/t9-/m1/s1. The summed E-state index contributed by atoms with van der Waals surface area (Å²) in [7, 11) is 1.11. The van der Waals surface area contributed by atoms with Crippen LogP contribution in [0.15, 0.2) is 12.1 Å². The molecule has 0 aliphatic heterocycles. The molecule has 0 bridgehead atoms. The third-order valence-electron chi connectivity index (χ3n) is 2.03. The maximum atomic E-state index is 13.2. The first-order chi connectivity index (χ1) is 7.45. The third kappa shape index (κ3) is 2.73. The molecule has 0 spiro atoms. The number of carbonyl (C=O) groups is 1. The summed E-state index contributed by atoms with van der Waals surface area (Å²) in [5.74, 6) is -3.96. The Bertz CT molecular complexity index is 386. The summed E-state index contributed by atoms with van der Waals surface area (Å²) in [5.41, 5.74) is 4.90. The van der Waals surface area contributed by atoms with Crippen molar-refractivity contribution in [3.8, 4) is 0 Å². The zero-order valence-corrected chi connectivity index (χ0v) is 8.47. The minimum absolute atomic E-state index is 0.384. The number of methoxy groups -OCH3 is 1. The van der Waals surface area contributed by atoms with Crippen LogP contribution in [0, 0.1) is 17.5 Å². The summed E-state index contributed by atoms with van der Waals surface area (Å²) in [4.78, 5) is 10.9. The van der Waals surface area contributed by atoms with E-state index >= 15 is 0 Å². The van der Waals surface area contributed by atoms with Crippen molar-refractivity contribution in [1.82, 2.24) is 0 Å². The van der Waals surface area contributed by atoms with E-state index in [4.69, 9.17) is 5.73 Å². The number of hydrogen-bond donors (Lipinski definition) is 1. The van der Waals surface area contributed by atoms with Gasteiger partial charge in [0, 0.05) is 24.1 Å². The zero-order chi connectivity index (χ0) is 12.3. The molecule has 0 fully saturated rings. The van der Waals surface area contributed by atoms with Crippen LogP contribution in [0.4, 0.5) is 13.2 Å². The molecule has 1 rings (SSSR count). The van der Waals surface area contributed by atoms with Crippen molar-refractivity contribution in [3.05, 3.63) is 35.1 Å². The van der Waals surface area contributed by atoms with Gasteiger partial charge in [0.2, 0.25) is 0 Å². The van der Waals surface area contributed by atoms with E-state index in [0.29, 0.717) is 12.1 Å². The monoisotopic (exact) mass is 233 g/mol. The molecule has 1 aromatic rings. The fraction of sp³-hybridized carbons (Fsp3) is 0.300. The topological polar surface area (TPSA) is 52.3 Å². The highest BCUT2D eigenvalue weighted by Gasteiger charge is 2.20. The number of carbonyl (C=O) groups excluding carboxylic acids is 1. The Morgan fingerprint density at radius 2 is 1.88 bits per heavy atom. The summed E-state index contributed by atoms with van der Waals surface area (Å²) >= 11 is 0. The van der Waals surface area contributed by atoms with Crippen LogP contribution in [0.2, 0.25) is 0 Å². The normalized spacial score (nSPS) is 12.3. The van der Waals surface area contributed by atoms with Crippen molar-refractivity contribution in [2.24, 2.45) is 5.73 Å². The maximum absolute atomic E-state index is 13.2. The predicted octanol–water partition coefficient (Wildman–Crippen LogP) is 1.15. The molecule has 0 saturated carbocycles. The van der Waals surface area contributed by atoms with Gasteiger partial charge in [-0.05, 0) is 0 Å². The van der Waals surface area contributed by atoms with Gasteiger partial charge in [0.25, 0.3) is 0 Å². The Labute approximate surface area is 90.0 Å². The molecule has 1 atom stereocenters. The average molecular weight is 233 g/mol. The lowest BCUT2D eigenvalue weighted by molar-refractivity contribution is -0.142. The largest absolute Gasteiger partial charge is 0.468 e. The molecule has 0 saturated heterocycles. The van der Waals surface area contributed by atoms with Gasteiger partial charge < -0.3 is 10.5 Å². The van der Waals surface area contributed by atoms with Gasteiger partial charge in [-0.2, -0.15) is 0 Å². The summed E-state index contributed by atoms with van der Waals surface area (Å²) in [6.07, 6.45) is -0.384. The van der Waals surface area contributed by atoms with Crippen LogP contribution in [0.3, 0.4) is 0 Å². The number of halogens is 3. The molecule has 0 heterocycles. The second-order valence-corrected chi connectivity index (χ2v) is 3.18. The van der Waals surface area contributed by atoms with E-state index in [0.717, 1.165) is 7.11 Å². The molecule has 0 unspecified atom stereocenters. The lowest BCUT2D eigenvalue weighted by Crippen LogP contribution is -2.34. The first-order valence-electron chi connectivity index (χ1n) is 4.42. The van der Waals surface area contributed by atoms with Crippen molar-refractivity contribution < 1.29 is 22.7 Å². The van der Waals surface area contributed by atoms with E-state index in [1.807, 2.05) is 0 Å². The number of hydrogen-bond acceptors (Lipinski definition) is 3. The van der Waals surface area contributed by atoms with Crippen molar-refractivity contribution in [2.45, 2.75) is 12.5 Å². The van der Waals surface area contributed by atoms with Crippen LogP contribution in [-0.2, 0) is 16.0 Å². The molecule has 0 aliphatic rings. The van der Waals surface area contributed by atoms with E-state index in [9.17, 15) is 18.0 Å². The molecular formula is C10H10F3NO2. The highest BCUT2D eigenvalue weighted by Crippen LogP contribution is 2.16. The van der Waals surface area contributed by atoms with E-state index < -0.39 is 35.0 Å². The van der Waals surface area contributed by atoms with E-state index in [2.05, 4.69) is 4.74 Å². The fourth-order valence-corrected chi connectivity index (χ4v) is 1.22. The van der Waals surface area contributed by atoms with Gasteiger partial charge in [0.15, 0.2) is 0 Å². The molecule has 16 heavy (non-hydrogen) atoms. The van der Waals surface area contributed by atoms with Crippen molar-refractivity contribution in [1.29, 1.82) is 0 Å². The van der Waals surface area contributed by atoms with Crippen LogP contribution >= 0.6 is 0 Å². The van der Waals surface area contributed by atoms with E-state index in [1.165, 1.54) is 0 Å². The third-order valence-corrected chi connectivity index (χ3v) is 2.03. The summed E-state index contributed by atoms with van der Waals surface area (Å²) < 4.78 is 43.2. The van der Waals surface area contributed by atoms with Crippen LogP contribution in [0.25, 0.3) is 0 Å². The Morgan fingerprint density at radius 3 is 2.31 bits per heavy atom. The fourth-order valence-electron chi connectivity index (χ4n) is 1.22. The number of esters is 1. The molecule has 0 radical (unpaired) electrons. The Kier molecular flexibility index (Phi) is 3.89. The smallest absolute Gasteiger partial charge is 0.322 e. The SMILES string of the molecule is COC(=O)[C@H](N)Cc1c(F)cc(F)cc1F. The average Bonchev–Trinajstić information content (AvgIpc) is 2.21. The van der Waals surface area contributed by atoms with Gasteiger partial charge in [-0.1, -0.05) is 0 Å². The first kappa shape index (κ1) is 12.5. The zero-order valence-electron chi connectivity index (χ0n) is 8.47. The van der Waals surface area contributed by atoms with E-state index in [1.54, 1.807) is 0 Å². The van der Waals surface area contributed by atoms with Crippen LogP contribution in [-0.4, -0.2) is 19.1 Å². The summed E-state index contributed by atoms with van der Waals surface area (Å²) in [5, 5.41) is 0. The minimum atomic E-state index is -1.18. The van der Waals surface area contributed by atoms with Crippen molar-refractivity contribution >= 4 is 5.97 Å². The molecule has 2 N–H and O–H groups in total. The first-order valence-corrected chi connectivity index (χ1v) is 4.42.